The van der Waals surface area contributed by atoms with Crippen molar-refractivity contribution in [3.05, 3.63) is 18.5 Å². The SMILES string of the molecule is CNC(=O)C1CN(c2ncccn2)CCN1C(C)C. The Kier molecular flexibility index (Phi) is 4.31. The van der Waals surface area contributed by atoms with Gasteiger partial charge in [0.1, 0.15) is 6.04 Å². The van der Waals surface area contributed by atoms with Crippen molar-refractivity contribution in [1.29, 1.82) is 0 Å². The zero-order chi connectivity index (χ0) is 13.8. The predicted octanol–water partition coefficient (Wildman–Crippen LogP) is 0.122. The van der Waals surface area contributed by atoms with E-state index in [-0.39, 0.29) is 11.9 Å². The highest BCUT2D eigenvalue weighted by atomic mass is 16.2. The first-order valence-corrected chi connectivity index (χ1v) is 6.62. The summed E-state index contributed by atoms with van der Waals surface area (Å²) in [4.78, 5) is 24.8. The summed E-state index contributed by atoms with van der Waals surface area (Å²) in [6.45, 7) is 6.54. The third kappa shape index (κ3) is 3.01. The van der Waals surface area contributed by atoms with Gasteiger partial charge in [-0.3, -0.25) is 9.69 Å². The average molecular weight is 263 g/mol. The Balaban J connectivity index is 2.15. The minimum atomic E-state index is -0.150. The van der Waals surface area contributed by atoms with E-state index in [1.54, 1.807) is 25.5 Å². The first-order valence-electron chi connectivity index (χ1n) is 6.62. The summed E-state index contributed by atoms with van der Waals surface area (Å²) in [7, 11) is 1.68. The fraction of sp³-hybridized carbons (Fsp3) is 0.615. The molecule has 6 nitrogen and oxygen atoms in total. The maximum absolute atomic E-state index is 12.0. The number of piperazine rings is 1. The summed E-state index contributed by atoms with van der Waals surface area (Å²) in [5.41, 5.74) is 0. The Labute approximate surface area is 113 Å². The van der Waals surface area contributed by atoms with Crippen LogP contribution < -0.4 is 10.2 Å². The average Bonchev–Trinajstić information content (AvgIpc) is 2.46. The van der Waals surface area contributed by atoms with Gasteiger partial charge in [-0.25, -0.2) is 9.97 Å². The molecule has 0 spiro atoms. The second-order valence-corrected chi connectivity index (χ2v) is 4.96. The van der Waals surface area contributed by atoms with Crippen molar-refractivity contribution in [2.45, 2.75) is 25.9 Å². The number of likely N-dealkylation sites (N-methyl/N-ethyl adjacent to an activating group) is 1. The van der Waals surface area contributed by atoms with Crippen molar-refractivity contribution >= 4 is 11.9 Å². The molecule has 0 radical (unpaired) electrons. The van der Waals surface area contributed by atoms with Crippen LogP contribution in [0.5, 0.6) is 0 Å². The Morgan fingerprint density at radius 3 is 2.63 bits per heavy atom. The molecule has 0 saturated carbocycles. The van der Waals surface area contributed by atoms with E-state index in [0.717, 1.165) is 13.1 Å². The first-order chi connectivity index (χ1) is 9.13. The van der Waals surface area contributed by atoms with Crippen molar-refractivity contribution in [3.63, 3.8) is 0 Å². The summed E-state index contributed by atoms with van der Waals surface area (Å²) in [6, 6.07) is 1.99. The summed E-state index contributed by atoms with van der Waals surface area (Å²) in [5.74, 6) is 0.745. The van der Waals surface area contributed by atoms with Crippen LogP contribution in [0.1, 0.15) is 13.8 Å². The van der Waals surface area contributed by atoms with Gasteiger partial charge in [0.25, 0.3) is 0 Å². The van der Waals surface area contributed by atoms with Crippen LogP contribution in [0.2, 0.25) is 0 Å². The highest BCUT2D eigenvalue weighted by Gasteiger charge is 2.33. The molecule has 1 atom stereocenters. The van der Waals surface area contributed by atoms with E-state index in [4.69, 9.17) is 0 Å². The molecule has 1 aliphatic rings. The van der Waals surface area contributed by atoms with Gasteiger partial charge in [-0.05, 0) is 19.9 Å². The van der Waals surface area contributed by atoms with Gasteiger partial charge in [-0.1, -0.05) is 0 Å². The van der Waals surface area contributed by atoms with Gasteiger partial charge in [0.15, 0.2) is 0 Å². The molecule has 0 bridgehead atoms. The van der Waals surface area contributed by atoms with Crippen LogP contribution in [0.25, 0.3) is 0 Å². The standard InChI is InChI=1S/C13H21N5O/c1-10(2)18-8-7-17(9-11(18)12(19)14-3)13-15-5-4-6-16-13/h4-6,10-11H,7-9H2,1-3H3,(H,14,19). The number of nitrogens with one attached hydrogen (secondary N) is 1. The van der Waals surface area contributed by atoms with Gasteiger partial charge in [0, 0.05) is 45.1 Å². The van der Waals surface area contributed by atoms with Crippen LogP contribution >= 0.6 is 0 Å². The molecule has 19 heavy (non-hydrogen) atoms. The minimum absolute atomic E-state index is 0.0503. The van der Waals surface area contributed by atoms with Gasteiger partial charge in [-0.2, -0.15) is 0 Å². The summed E-state index contributed by atoms with van der Waals surface area (Å²) in [6.07, 6.45) is 3.46. The lowest BCUT2D eigenvalue weighted by Crippen LogP contribution is -2.60. The summed E-state index contributed by atoms with van der Waals surface area (Å²) >= 11 is 0. The molecular weight excluding hydrogens is 242 g/mol. The second kappa shape index (κ2) is 5.97. The van der Waals surface area contributed by atoms with Crippen LogP contribution in [-0.2, 0) is 4.79 Å². The monoisotopic (exact) mass is 263 g/mol. The highest BCUT2D eigenvalue weighted by Crippen LogP contribution is 2.17. The Hall–Kier alpha value is -1.69. The van der Waals surface area contributed by atoms with E-state index in [9.17, 15) is 4.79 Å². The maximum Gasteiger partial charge on any atom is 0.238 e. The van der Waals surface area contributed by atoms with Gasteiger partial charge in [0.05, 0.1) is 0 Å². The molecule has 6 heteroatoms. The maximum atomic E-state index is 12.0. The molecule has 104 valence electrons. The van der Waals surface area contributed by atoms with Crippen LogP contribution in [0.3, 0.4) is 0 Å². The van der Waals surface area contributed by atoms with Crippen molar-refractivity contribution in [1.82, 2.24) is 20.2 Å². The molecule has 2 heterocycles. The lowest BCUT2D eigenvalue weighted by molar-refractivity contribution is -0.127. The highest BCUT2D eigenvalue weighted by molar-refractivity contribution is 5.82. The van der Waals surface area contributed by atoms with Crippen LogP contribution in [0, 0.1) is 0 Å². The number of aromatic nitrogens is 2. The smallest absolute Gasteiger partial charge is 0.238 e. The van der Waals surface area contributed by atoms with E-state index < -0.39 is 0 Å². The lowest BCUT2D eigenvalue weighted by Gasteiger charge is -2.42. The largest absolute Gasteiger partial charge is 0.358 e. The molecule has 1 N–H and O–H groups in total. The Bertz CT molecular complexity index is 422. The molecule has 0 aromatic carbocycles. The molecular formula is C13H21N5O. The zero-order valence-electron chi connectivity index (χ0n) is 11.7. The van der Waals surface area contributed by atoms with Gasteiger partial charge in [-0.15, -0.1) is 0 Å². The van der Waals surface area contributed by atoms with E-state index in [0.29, 0.717) is 18.5 Å². The second-order valence-electron chi connectivity index (χ2n) is 4.96. The van der Waals surface area contributed by atoms with Crippen LogP contribution in [-0.4, -0.2) is 59.5 Å². The molecule has 2 rings (SSSR count). The van der Waals surface area contributed by atoms with Crippen molar-refractivity contribution in [2.24, 2.45) is 0 Å². The molecule has 1 fully saturated rings. The predicted molar refractivity (Wildman–Crippen MR) is 73.9 cm³/mol. The molecule has 1 aromatic rings. The molecule has 0 aliphatic carbocycles. The van der Waals surface area contributed by atoms with Crippen molar-refractivity contribution in [2.75, 3.05) is 31.6 Å². The van der Waals surface area contributed by atoms with Crippen molar-refractivity contribution < 1.29 is 4.79 Å². The Morgan fingerprint density at radius 1 is 1.37 bits per heavy atom. The molecule has 1 unspecified atom stereocenters. The number of carbonyl (C=O) groups is 1. The normalized spacial score (nSPS) is 20.6. The van der Waals surface area contributed by atoms with Gasteiger partial charge in [0.2, 0.25) is 11.9 Å². The van der Waals surface area contributed by atoms with Gasteiger partial charge < -0.3 is 10.2 Å². The molecule has 1 aromatic heterocycles. The van der Waals surface area contributed by atoms with Crippen LogP contribution in [0.4, 0.5) is 5.95 Å². The van der Waals surface area contributed by atoms with Crippen LogP contribution in [0.15, 0.2) is 18.5 Å². The number of nitrogens with zero attached hydrogens (tertiary/aromatic N) is 4. The summed E-state index contributed by atoms with van der Waals surface area (Å²) < 4.78 is 0. The topological polar surface area (TPSA) is 61.4 Å². The van der Waals surface area contributed by atoms with E-state index in [2.05, 4.69) is 38.9 Å². The summed E-state index contributed by atoms with van der Waals surface area (Å²) in [5, 5.41) is 2.74. The number of rotatable bonds is 3. The molecule has 1 aliphatic heterocycles. The van der Waals surface area contributed by atoms with Crippen molar-refractivity contribution in [3.8, 4) is 0 Å². The molecule has 1 amide bonds. The number of carbonyl (C=O) groups excluding carboxylic acids is 1. The van der Waals surface area contributed by atoms with E-state index in [1.807, 2.05) is 0 Å². The lowest BCUT2D eigenvalue weighted by atomic mass is 10.1. The quantitative estimate of drug-likeness (QED) is 0.839. The fourth-order valence-electron chi connectivity index (χ4n) is 2.45. The van der Waals surface area contributed by atoms with E-state index >= 15 is 0 Å². The number of anilines is 1. The van der Waals surface area contributed by atoms with E-state index in [1.165, 1.54) is 0 Å². The Morgan fingerprint density at radius 2 is 2.05 bits per heavy atom. The van der Waals surface area contributed by atoms with Gasteiger partial charge >= 0.3 is 0 Å². The first kappa shape index (κ1) is 13.7. The minimum Gasteiger partial charge on any atom is -0.358 e. The number of hydrogen-bond donors (Lipinski definition) is 1. The third-order valence-electron chi connectivity index (χ3n) is 3.47. The number of amides is 1. The zero-order valence-corrected chi connectivity index (χ0v) is 11.7. The third-order valence-corrected chi connectivity index (χ3v) is 3.47. The number of hydrogen-bond acceptors (Lipinski definition) is 5. The fourth-order valence-corrected chi connectivity index (χ4v) is 2.45. The molecule has 1 saturated heterocycles.